The molecule has 1 aliphatic heterocycles. The number of carbonyl (C=O) groups excluding carboxylic acids is 1. The summed E-state index contributed by atoms with van der Waals surface area (Å²) < 4.78 is 0. The topological polar surface area (TPSA) is 29.1 Å². The highest BCUT2D eigenvalue weighted by Crippen LogP contribution is 2.18. The van der Waals surface area contributed by atoms with Crippen LogP contribution in [0.3, 0.4) is 0 Å². The average molecular weight is 197 g/mol. The largest absolute Gasteiger partial charge is 0.317 e. The Labute approximate surface area is 87.5 Å². The van der Waals surface area contributed by atoms with Crippen LogP contribution in [0, 0.1) is 11.8 Å². The lowest BCUT2D eigenvalue weighted by Crippen LogP contribution is -2.28. The lowest BCUT2D eigenvalue weighted by molar-refractivity contribution is -0.120. The molecule has 0 aliphatic carbocycles. The summed E-state index contributed by atoms with van der Waals surface area (Å²) in [6.45, 7) is 6.51. The molecule has 1 N–H and O–H groups in total. The van der Waals surface area contributed by atoms with Gasteiger partial charge in [0.25, 0.3) is 0 Å². The third-order valence-electron chi connectivity index (χ3n) is 2.93. The van der Waals surface area contributed by atoms with Crippen LogP contribution in [0.2, 0.25) is 0 Å². The molecule has 0 aromatic rings. The molecule has 1 saturated heterocycles. The van der Waals surface area contributed by atoms with Crippen molar-refractivity contribution in [1.82, 2.24) is 5.32 Å². The summed E-state index contributed by atoms with van der Waals surface area (Å²) in [5.41, 5.74) is 0. The molecule has 0 aromatic heterocycles. The van der Waals surface area contributed by atoms with Crippen LogP contribution in [0.5, 0.6) is 0 Å². The highest BCUT2D eigenvalue weighted by Gasteiger charge is 2.14. The smallest absolute Gasteiger partial charge is 0.133 e. The van der Waals surface area contributed by atoms with E-state index in [2.05, 4.69) is 19.2 Å². The normalized spacial score (nSPS) is 18.8. The number of rotatable bonds is 5. The fourth-order valence-electron chi connectivity index (χ4n) is 2.09. The lowest BCUT2D eigenvalue weighted by Gasteiger charge is -2.22. The first-order valence-electron chi connectivity index (χ1n) is 5.91. The fraction of sp³-hybridized carbons (Fsp3) is 0.917. The van der Waals surface area contributed by atoms with Crippen molar-refractivity contribution in [2.24, 2.45) is 11.8 Å². The van der Waals surface area contributed by atoms with Crippen molar-refractivity contribution in [2.45, 2.75) is 46.0 Å². The number of hydrogen-bond donors (Lipinski definition) is 1. The van der Waals surface area contributed by atoms with E-state index in [0.29, 0.717) is 11.7 Å². The van der Waals surface area contributed by atoms with Gasteiger partial charge in [-0.15, -0.1) is 0 Å². The Morgan fingerprint density at radius 3 is 2.57 bits per heavy atom. The van der Waals surface area contributed by atoms with Gasteiger partial charge in [0.15, 0.2) is 0 Å². The van der Waals surface area contributed by atoms with Crippen molar-refractivity contribution in [3.8, 4) is 0 Å². The van der Waals surface area contributed by atoms with E-state index in [0.717, 1.165) is 38.3 Å². The van der Waals surface area contributed by atoms with E-state index in [-0.39, 0.29) is 0 Å². The molecule has 2 heteroatoms. The van der Waals surface area contributed by atoms with Gasteiger partial charge < -0.3 is 5.32 Å². The molecular weight excluding hydrogens is 174 g/mol. The van der Waals surface area contributed by atoms with Gasteiger partial charge in [-0.05, 0) is 44.2 Å². The second kappa shape index (κ2) is 6.18. The lowest BCUT2D eigenvalue weighted by atomic mass is 9.91. The molecule has 0 atom stereocenters. The van der Waals surface area contributed by atoms with Gasteiger partial charge in [-0.25, -0.2) is 0 Å². The first kappa shape index (κ1) is 11.7. The van der Waals surface area contributed by atoms with Crippen LogP contribution in [-0.4, -0.2) is 18.9 Å². The number of hydrogen-bond acceptors (Lipinski definition) is 2. The molecule has 1 rings (SSSR count). The summed E-state index contributed by atoms with van der Waals surface area (Å²) in [6.07, 6.45) is 5.21. The van der Waals surface area contributed by atoms with Crippen LogP contribution in [-0.2, 0) is 4.79 Å². The number of ketones is 1. The Balaban J connectivity index is 2.09. The highest BCUT2D eigenvalue weighted by atomic mass is 16.1. The zero-order chi connectivity index (χ0) is 10.4. The van der Waals surface area contributed by atoms with E-state index in [1.807, 2.05) is 0 Å². The van der Waals surface area contributed by atoms with Crippen LogP contribution in [0.15, 0.2) is 0 Å². The average Bonchev–Trinajstić information content (AvgIpc) is 2.15. The summed E-state index contributed by atoms with van der Waals surface area (Å²) in [7, 11) is 0. The second-order valence-electron chi connectivity index (χ2n) is 4.87. The van der Waals surface area contributed by atoms with E-state index < -0.39 is 0 Å². The predicted octanol–water partition coefficient (Wildman–Crippen LogP) is 2.38. The maximum Gasteiger partial charge on any atom is 0.133 e. The van der Waals surface area contributed by atoms with Gasteiger partial charge in [-0.2, -0.15) is 0 Å². The third kappa shape index (κ3) is 4.75. The van der Waals surface area contributed by atoms with Crippen LogP contribution in [0.4, 0.5) is 0 Å². The van der Waals surface area contributed by atoms with E-state index in [4.69, 9.17) is 0 Å². The molecule has 14 heavy (non-hydrogen) atoms. The zero-order valence-corrected chi connectivity index (χ0v) is 9.51. The standard InChI is InChI=1S/C12H23NO/c1-10(2)9-12(14)4-3-11-5-7-13-8-6-11/h10-11,13H,3-9H2,1-2H3. The summed E-state index contributed by atoms with van der Waals surface area (Å²) in [6, 6.07) is 0. The molecular formula is C12H23NO. The molecule has 1 aliphatic rings. The Morgan fingerprint density at radius 1 is 1.36 bits per heavy atom. The van der Waals surface area contributed by atoms with Crippen LogP contribution in [0.25, 0.3) is 0 Å². The van der Waals surface area contributed by atoms with Crippen molar-refractivity contribution in [2.75, 3.05) is 13.1 Å². The molecule has 0 unspecified atom stereocenters. The maximum absolute atomic E-state index is 11.5. The Kier molecular flexibility index (Phi) is 5.16. The van der Waals surface area contributed by atoms with Crippen molar-refractivity contribution in [1.29, 1.82) is 0 Å². The van der Waals surface area contributed by atoms with Crippen molar-refractivity contribution < 1.29 is 4.79 Å². The number of carbonyl (C=O) groups is 1. The zero-order valence-electron chi connectivity index (χ0n) is 9.51. The minimum atomic E-state index is 0.457. The SMILES string of the molecule is CC(C)CC(=O)CCC1CCNCC1. The first-order chi connectivity index (χ1) is 6.68. The van der Waals surface area contributed by atoms with Crippen molar-refractivity contribution in [3.05, 3.63) is 0 Å². The van der Waals surface area contributed by atoms with Gasteiger partial charge in [0.2, 0.25) is 0 Å². The molecule has 0 saturated carbocycles. The molecule has 82 valence electrons. The fourth-order valence-corrected chi connectivity index (χ4v) is 2.09. The molecule has 0 aromatic carbocycles. The molecule has 0 spiro atoms. The first-order valence-corrected chi connectivity index (χ1v) is 5.91. The number of nitrogens with one attached hydrogen (secondary N) is 1. The Hall–Kier alpha value is -0.370. The summed E-state index contributed by atoms with van der Waals surface area (Å²) >= 11 is 0. The van der Waals surface area contributed by atoms with E-state index in [1.165, 1.54) is 12.8 Å². The van der Waals surface area contributed by atoms with E-state index in [1.54, 1.807) is 0 Å². The Morgan fingerprint density at radius 2 is 2.00 bits per heavy atom. The predicted molar refractivity (Wildman–Crippen MR) is 59.3 cm³/mol. The molecule has 0 bridgehead atoms. The van der Waals surface area contributed by atoms with Gasteiger partial charge in [0.1, 0.15) is 5.78 Å². The highest BCUT2D eigenvalue weighted by molar-refractivity contribution is 5.78. The van der Waals surface area contributed by atoms with Gasteiger partial charge >= 0.3 is 0 Å². The summed E-state index contributed by atoms with van der Waals surface area (Å²) in [4.78, 5) is 11.5. The molecule has 1 heterocycles. The Bertz CT molecular complexity index is 171. The molecule has 0 radical (unpaired) electrons. The van der Waals surface area contributed by atoms with Crippen LogP contribution in [0.1, 0.15) is 46.0 Å². The number of Topliss-reactive ketones (excluding diaryl/α,β-unsaturated/α-hetero) is 1. The third-order valence-corrected chi connectivity index (χ3v) is 2.93. The second-order valence-corrected chi connectivity index (χ2v) is 4.87. The van der Waals surface area contributed by atoms with Crippen molar-refractivity contribution >= 4 is 5.78 Å². The summed E-state index contributed by atoms with van der Waals surface area (Å²) in [5, 5.41) is 3.35. The van der Waals surface area contributed by atoms with E-state index in [9.17, 15) is 4.79 Å². The van der Waals surface area contributed by atoms with E-state index >= 15 is 0 Å². The number of piperidine rings is 1. The van der Waals surface area contributed by atoms with Gasteiger partial charge in [0.05, 0.1) is 0 Å². The molecule has 1 fully saturated rings. The summed E-state index contributed by atoms with van der Waals surface area (Å²) in [5.74, 6) is 1.78. The molecule has 2 nitrogen and oxygen atoms in total. The quantitative estimate of drug-likeness (QED) is 0.733. The van der Waals surface area contributed by atoms with Crippen LogP contribution < -0.4 is 5.32 Å². The minimum absolute atomic E-state index is 0.457. The minimum Gasteiger partial charge on any atom is -0.317 e. The molecule has 0 amide bonds. The maximum atomic E-state index is 11.5. The van der Waals surface area contributed by atoms with Gasteiger partial charge in [-0.3, -0.25) is 4.79 Å². The van der Waals surface area contributed by atoms with Gasteiger partial charge in [0, 0.05) is 12.8 Å². The monoisotopic (exact) mass is 197 g/mol. The van der Waals surface area contributed by atoms with Gasteiger partial charge in [-0.1, -0.05) is 13.8 Å². The van der Waals surface area contributed by atoms with Crippen molar-refractivity contribution in [3.63, 3.8) is 0 Å². The van der Waals surface area contributed by atoms with Crippen LogP contribution >= 0.6 is 0 Å².